The SMILES string of the molecule is Cc1ccc(OCCn2cc(C(=O)C(F)(F)F)c3ccccc32)cc1. The van der Waals surface area contributed by atoms with Crippen molar-refractivity contribution in [1.29, 1.82) is 0 Å². The second kappa shape index (κ2) is 6.63. The maximum absolute atomic E-state index is 12.8. The molecule has 0 aliphatic heterocycles. The van der Waals surface area contributed by atoms with Crippen LogP contribution < -0.4 is 4.74 Å². The van der Waals surface area contributed by atoms with E-state index in [1.54, 1.807) is 22.8 Å². The van der Waals surface area contributed by atoms with Crippen molar-refractivity contribution in [2.24, 2.45) is 0 Å². The molecule has 0 bridgehead atoms. The molecule has 6 heteroatoms. The summed E-state index contributed by atoms with van der Waals surface area (Å²) in [6, 6.07) is 14.1. The first-order chi connectivity index (χ1) is 11.9. The minimum Gasteiger partial charge on any atom is -0.492 e. The van der Waals surface area contributed by atoms with Crippen LogP contribution in [0.3, 0.4) is 0 Å². The van der Waals surface area contributed by atoms with Crippen LogP contribution in [0.25, 0.3) is 10.9 Å². The molecule has 25 heavy (non-hydrogen) atoms. The average Bonchev–Trinajstić information content (AvgIpc) is 2.94. The molecule has 0 radical (unpaired) electrons. The number of fused-ring (bicyclic) bond motifs is 1. The Morgan fingerprint density at radius 1 is 1.08 bits per heavy atom. The molecule has 1 aromatic heterocycles. The normalized spacial score (nSPS) is 11.7. The Balaban J connectivity index is 1.82. The first-order valence-corrected chi connectivity index (χ1v) is 7.75. The van der Waals surface area contributed by atoms with Crippen LogP contribution >= 0.6 is 0 Å². The zero-order chi connectivity index (χ0) is 18.0. The lowest BCUT2D eigenvalue weighted by molar-refractivity contribution is -0.0884. The van der Waals surface area contributed by atoms with E-state index in [0.717, 1.165) is 5.56 Å². The molecule has 1 heterocycles. The van der Waals surface area contributed by atoms with Gasteiger partial charge in [-0.15, -0.1) is 0 Å². The summed E-state index contributed by atoms with van der Waals surface area (Å²) in [5, 5.41) is 0.292. The molecule has 0 unspecified atom stereocenters. The van der Waals surface area contributed by atoms with Gasteiger partial charge >= 0.3 is 6.18 Å². The summed E-state index contributed by atoms with van der Waals surface area (Å²) in [5.41, 5.74) is 1.35. The molecule has 0 saturated heterocycles. The zero-order valence-corrected chi connectivity index (χ0v) is 13.5. The minimum absolute atomic E-state index is 0.279. The first-order valence-electron chi connectivity index (χ1n) is 7.75. The Hall–Kier alpha value is -2.76. The third-order valence-electron chi connectivity index (χ3n) is 3.91. The fraction of sp³-hybridized carbons (Fsp3) is 0.211. The summed E-state index contributed by atoms with van der Waals surface area (Å²) in [5.74, 6) is -1.14. The molecule has 2 aromatic carbocycles. The predicted molar refractivity (Wildman–Crippen MR) is 89.0 cm³/mol. The van der Waals surface area contributed by atoms with Gasteiger partial charge < -0.3 is 9.30 Å². The summed E-state index contributed by atoms with van der Waals surface area (Å²) in [6.07, 6.45) is -3.65. The van der Waals surface area contributed by atoms with Crippen LogP contribution in [0.15, 0.2) is 54.7 Å². The van der Waals surface area contributed by atoms with Crippen molar-refractivity contribution in [3.05, 3.63) is 65.9 Å². The smallest absolute Gasteiger partial charge is 0.454 e. The van der Waals surface area contributed by atoms with E-state index >= 15 is 0 Å². The lowest BCUT2D eigenvalue weighted by atomic mass is 10.1. The largest absolute Gasteiger partial charge is 0.492 e. The van der Waals surface area contributed by atoms with Gasteiger partial charge in [-0.25, -0.2) is 0 Å². The number of ether oxygens (including phenoxy) is 1. The fourth-order valence-electron chi connectivity index (χ4n) is 2.66. The number of carbonyl (C=O) groups is 1. The van der Waals surface area contributed by atoms with Gasteiger partial charge in [0.1, 0.15) is 12.4 Å². The number of benzene rings is 2. The Morgan fingerprint density at radius 3 is 2.44 bits per heavy atom. The van der Waals surface area contributed by atoms with Crippen molar-refractivity contribution in [2.75, 3.05) is 6.61 Å². The van der Waals surface area contributed by atoms with E-state index in [-0.39, 0.29) is 12.2 Å². The van der Waals surface area contributed by atoms with Crippen LogP contribution in [-0.4, -0.2) is 23.1 Å². The maximum Gasteiger partial charge on any atom is 0.454 e. The number of hydrogen-bond acceptors (Lipinski definition) is 2. The van der Waals surface area contributed by atoms with Crippen LogP contribution in [0.5, 0.6) is 5.75 Å². The third-order valence-corrected chi connectivity index (χ3v) is 3.91. The highest BCUT2D eigenvalue weighted by atomic mass is 19.4. The third kappa shape index (κ3) is 3.68. The van der Waals surface area contributed by atoms with Gasteiger partial charge in [0.25, 0.3) is 5.78 Å². The molecule has 0 aliphatic carbocycles. The van der Waals surface area contributed by atoms with E-state index < -0.39 is 12.0 Å². The van der Waals surface area contributed by atoms with Crippen LogP contribution in [0.2, 0.25) is 0 Å². The second-order valence-electron chi connectivity index (χ2n) is 5.74. The number of para-hydroxylation sites is 1. The molecule has 0 fully saturated rings. The molecule has 0 aliphatic rings. The highest BCUT2D eigenvalue weighted by molar-refractivity contribution is 6.10. The molecule has 0 amide bonds. The number of halogens is 3. The van der Waals surface area contributed by atoms with E-state index in [0.29, 0.717) is 23.2 Å². The summed E-state index contributed by atoms with van der Waals surface area (Å²) < 4.78 is 45.6. The van der Waals surface area contributed by atoms with Crippen molar-refractivity contribution in [2.45, 2.75) is 19.6 Å². The number of alkyl halides is 3. The Morgan fingerprint density at radius 2 is 1.76 bits per heavy atom. The standard InChI is InChI=1S/C19H16F3NO2/c1-13-6-8-14(9-7-13)25-11-10-23-12-16(18(24)19(20,21)22)15-4-2-3-5-17(15)23/h2-9,12H,10-11H2,1H3. The molecule has 3 nitrogen and oxygen atoms in total. The molecule has 130 valence electrons. The Kier molecular flexibility index (Phi) is 4.53. The fourth-order valence-corrected chi connectivity index (χ4v) is 2.66. The number of aryl methyl sites for hydroxylation is 1. The lowest BCUT2D eigenvalue weighted by Crippen LogP contribution is -2.22. The van der Waals surface area contributed by atoms with Crippen molar-refractivity contribution >= 4 is 16.7 Å². The van der Waals surface area contributed by atoms with Crippen molar-refractivity contribution in [1.82, 2.24) is 4.57 Å². The molecule has 0 spiro atoms. The van der Waals surface area contributed by atoms with Gasteiger partial charge in [0.2, 0.25) is 0 Å². The van der Waals surface area contributed by atoms with Gasteiger partial charge in [0, 0.05) is 17.1 Å². The summed E-state index contributed by atoms with van der Waals surface area (Å²) in [6.45, 7) is 2.58. The monoisotopic (exact) mass is 347 g/mol. The highest BCUT2D eigenvalue weighted by Gasteiger charge is 2.40. The van der Waals surface area contributed by atoms with Crippen LogP contribution in [0.1, 0.15) is 15.9 Å². The number of ketones is 1. The molecule has 3 aromatic rings. The number of Topliss-reactive ketones (excluding diaryl/α,β-unsaturated/α-hetero) is 1. The topological polar surface area (TPSA) is 31.2 Å². The first kappa shape index (κ1) is 17.1. The quantitative estimate of drug-likeness (QED) is 0.622. The van der Waals surface area contributed by atoms with Gasteiger partial charge in [-0.2, -0.15) is 13.2 Å². The number of aromatic nitrogens is 1. The van der Waals surface area contributed by atoms with Crippen LogP contribution in [0.4, 0.5) is 13.2 Å². The summed E-state index contributed by atoms with van der Waals surface area (Å²) in [7, 11) is 0. The van der Waals surface area contributed by atoms with Crippen LogP contribution in [-0.2, 0) is 6.54 Å². The zero-order valence-electron chi connectivity index (χ0n) is 13.5. The number of carbonyl (C=O) groups excluding carboxylic acids is 1. The lowest BCUT2D eigenvalue weighted by Gasteiger charge is -2.08. The number of rotatable bonds is 5. The Bertz CT molecular complexity index is 895. The van der Waals surface area contributed by atoms with Crippen molar-refractivity contribution in [3.8, 4) is 5.75 Å². The average molecular weight is 347 g/mol. The highest BCUT2D eigenvalue weighted by Crippen LogP contribution is 2.28. The second-order valence-corrected chi connectivity index (χ2v) is 5.74. The predicted octanol–water partition coefficient (Wildman–Crippen LogP) is 4.77. The van der Waals surface area contributed by atoms with Crippen molar-refractivity contribution in [3.63, 3.8) is 0 Å². The van der Waals surface area contributed by atoms with Gasteiger partial charge in [-0.3, -0.25) is 4.79 Å². The molecule has 3 rings (SSSR count). The molecule has 0 atom stereocenters. The summed E-state index contributed by atoms with van der Waals surface area (Å²) in [4.78, 5) is 11.7. The van der Waals surface area contributed by atoms with E-state index in [2.05, 4.69) is 0 Å². The van der Waals surface area contributed by atoms with Crippen molar-refractivity contribution < 1.29 is 22.7 Å². The Labute approximate surface area is 142 Å². The number of hydrogen-bond donors (Lipinski definition) is 0. The van der Waals surface area contributed by atoms with E-state index in [1.165, 1.54) is 12.3 Å². The number of nitrogens with zero attached hydrogens (tertiary/aromatic N) is 1. The molecular formula is C19H16F3NO2. The van der Waals surface area contributed by atoms with E-state index in [4.69, 9.17) is 4.74 Å². The van der Waals surface area contributed by atoms with E-state index in [1.807, 2.05) is 31.2 Å². The minimum atomic E-state index is -4.90. The van der Waals surface area contributed by atoms with Gasteiger partial charge in [0.15, 0.2) is 0 Å². The summed E-state index contributed by atoms with van der Waals surface area (Å²) >= 11 is 0. The van der Waals surface area contributed by atoms with Gasteiger partial charge in [-0.1, -0.05) is 35.9 Å². The molecule has 0 N–H and O–H groups in total. The van der Waals surface area contributed by atoms with Gasteiger partial charge in [0.05, 0.1) is 12.1 Å². The molecular weight excluding hydrogens is 331 g/mol. The van der Waals surface area contributed by atoms with Gasteiger partial charge in [-0.05, 0) is 25.1 Å². The molecule has 0 saturated carbocycles. The van der Waals surface area contributed by atoms with E-state index in [9.17, 15) is 18.0 Å². The van der Waals surface area contributed by atoms with Crippen LogP contribution in [0, 0.1) is 6.92 Å². The maximum atomic E-state index is 12.8.